The van der Waals surface area contributed by atoms with Crippen LogP contribution in [0.15, 0.2) is 29.8 Å². The molecular formula is C15H17ClFNO4S. The van der Waals surface area contributed by atoms with E-state index in [9.17, 15) is 17.6 Å². The third-order valence-corrected chi connectivity index (χ3v) is 5.00. The van der Waals surface area contributed by atoms with E-state index in [2.05, 4.69) is 4.72 Å². The van der Waals surface area contributed by atoms with E-state index in [0.29, 0.717) is 0 Å². The van der Waals surface area contributed by atoms with Crippen LogP contribution in [0.2, 0.25) is 5.02 Å². The van der Waals surface area contributed by atoms with Gasteiger partial charge in [0.25, 0.3) is 0 Å². The molecule has 1 aliphatic carbocycles. The maximum atomic E-state index is 13.1. The summed E-state index contributed by atoms with van der Waals surface area (Å²) < 4.78 is 62.0. The van der Waals surface area contributed by atoms with Gasteiger partial charge in [0, 0.05) is 0 Å². The molecule has 0 spiro atoms. The molecule has 0 unspecified atom stereocenters. The van der Waals surface area contributed by atoms with E-state index in [-0.39, 0.29) is 42.6 Å². The first-order valence-electron chi connectivity index (χ1n) is 7.97. The molecule has 0 bridgehead atoms. The summed E-state index contributed by atoms with van der Waals surface area (Å²) in [4.78, 5) is 12.1. The van der Waals surface area contributed by atoms with E-state index in [1.54, 1.807) is 6.92 Å². The molecule has 0 saturated heterocycles. The lowest BCUT2D eigenvalue weighted by Crippen LogP contribution is -2.34. The smallest absolute Gasteiger partial charge is 0.335 e. The molecule has 0 fully saturated rings. The zero-order valence-electron chi connectivity index (χ0n) is 14.4. The third kappa shape index (κ3) is 4.23. The van der Waals surface area contributed by atoms with Crippen molar-refractivity contribution in [2.75, 3.05) is 11.3 Å². The van der Waals surface area contributed by atoms with Gasteiger partial charge in [-0.2, -0.15) is 0 Å². The molecule has 1 aliphatic rings. The van der Waals surface area contributed by atoms with Crippen LogP contribution < -0.4 is 4.72 Å². The summed E-state index contributed by atoms with van der Waals surface area (Å²) in [5.41, 5.74) is -0.624. The minimum absolute atomic E-state index is 0.0110. The molecule has 0 amide bonds. The topological polar surface area (TPSA) is 72.5 Å². The number of halogens is 2. The summed E-state index contributed by atoms with van der Waals surface area (Å²) >= 11 is 5.83. The van der Waals surface area contributed by atoms with Gasteiger partial charge in [0.2, 0.25) is 10.0 Å². The molecule has 23 heavy (non-hydrogen) atoms. The van der Waals surface area contributed by atoms with Crippen molar-refractivity contribution in [1.29, 1.82) is 0 Å². The van der Waals surface area contributed by atoms with Gasteiger partial charge in [0.1, 0.15) is 11.0 Å². The highest BCUT2D eigenvalue weighted by molar-refractivity contribution is 7.93. The Bertz CT molecular complexity index is 831. The first-order chi connectivity index (χ1) is 11.6. The van der Waals surface area contributed by atoms with E-state index in [1.165, 1.54) is 0 Å². The van der Waals surface area contributed by atoms with Gasteiger partial charge in [-0.25, -0.2) is 17.6 Å². The van der Waals surface area contributed by atoms with Gasteiger partial charge in [-0.3, -0.25) is 4.72 Å². The predicted molar refractivity (Wildman–Crippen MR) is 86.3 cm³/mol. The first kappa shape index (κ1) is 15.0. The average Bonchev–Trinajstić information content (AvgIpc) is 2.50. The Hall–Kier alpha value is -1.60. The number of benzene rings is 1. The van der Waals surface area contributed by atoms with Crippen LogP contribution in [0.4, 0.5) is 10.1 Å². The molecule has 0 radical (unpaired) electrons. The maximum Gasteiger partial charge on any atom is 0.335 e. The van der Waals surface area contributed by atoms with Crippen LogP contribution in [0.3, 0.4) is 0 Å². The summed E-state index contributed by atoms with van der Waals surface area (Å²) in [6.45, 7) is 1.53. The molecule has 0 saturated carbocycles. The minimum Gasteiger partial charge on any atom is -0.463 e. The predicted octanol–water partition coefficient (Wildman–Crippen LogP) is 3.26. The monoisotopic (exact) mass is 363 g/mol. The fraction of sp³-hybridized carbons (Fsp3) is 0.400. The lowest BCUT2D eigenvalue weighted by molar-refractivity contribution is -0.138. The van der Waals surface area contributed by atoms with Crippen molar-refractivity contribution in [2.45, 2.75) is 31.4 Å². The molecular weight excluding hydrogens is 345 g/mol. The Labute approximate surface area is 142 Å². The number of ether oxygens (including phenoxy) is 1. The lowest BCUT2D eigenvalue weighted by atomic mass is 9.99. The number of sulfonamides is 1. The Morgan fingerprint density at radius 1 is 1.61 bits per heavy atom. The molecule has 0 aromatic heterocycles. The summed E-state index contributed by atoms with van der Waals surface area (Å²) in [7, 11) is -4.49. The molecule has 8 heteroatoms. The molecule has 126 valence electrons. The number of allylic oxidation sites excluding steroid dienone is 1. The Balaban J connectivity index is 2.47. The maximum absolute atomic E-state index is 13.1. The van der Waals surface area contributed by atoms with Crippen LogP contribution in [0, 0.1) is 5.82 Å². The number of hydrogen-bond donors (Lipinski definition) is 1. The van der Waals surface area contributed by atoms with E-state index in [4.69, 9.17) is 19.1 Å². The van der Waals surface area contributed by atoms with Crippen LogP contribution >= 0.6 is 11.6 Å². The van der Waals surface area contributed by atoms with Crippen molar-refractivity contribution in [3.05, 3.63) is 40.7 Å². The van der Waals surface area contributed by atoms with E-state index in [0.717, 1.165) is 18.2 Å². The van der Waals surface area contributed by atoms with Gasteiger partial charge in [-0.15, -0.1) is 0 Å². The normalized spacial score (nSPS) is 23.1. The summed E-state index contributed by atoms with van der Waals surface area (Å²) in [5.74, 6) is -1.65. The van der Waals surface area contributed by atoms with Gasteiger partial charge < -0.3 is 4.74 Å². The van der Waals surface area contributed by atoms with Crippen molar-refractivity contribution in [3.8, 4) is 0 Å². The Morgan fingerprint density at radius 3 is 3.00 bits per heavy atom. The average molecular weight is 364 g/mol. The zero-order chi connectivity index (χ0) is 18.8. The lowest BCUT2D eigenvalue weighted by Gasteiger charge is -2.24. The molecule has 1 atom stereocenters. The first-order valence-corrected chi connectivity index (χ1v) is 8.83. The largest absolute Gasteiger partial charge is 0.463 e. The third-order valence-electron chi connectivity index (χ3n) is 3.14. The highest BCUT2D eigenvalue weighted by Crippen LogP contribution is 2.30. The number of anilines is 1. The number of carbonyl (C=O) groups excluding carboxylic acids is 1. The summed E-state index contributed by atoms with van der Waals surface area (Å²) in [5, 5.41) is -2.58. The number of nitrogens with one attached hydrogen (secondary N) is 1. The summed E-state index contributed by atoms with van der Waals surface area (Å²) in [6, 6.07) is 2.82. The fourth-order valence-electron chi connectivity index (χ4n) is 2.12. The van der Waals surface area contributed by atoms with Crippen LogP contribution in [-0.2, 0) is 19.6 Å². The molecule has 1 N–H and O–H groups in total. The molecule has 5 nitrogen and oxygen atoms in total. The number of esters is 1. The second-order valence-corrected chi connectivity index (χ2v) is 6.89. The van der Waals surface area contributed by atoms with E-state index < -0.39 is 32.6 Å². The van der Waals surface area contributed by atoms with Crippen molar-refractivity contribution in [2.24, 2.45) is 0 Å². The number of hydrogen-bond acceptors (Lipinski definition) is 4. The Morgan fingerprint density at radius 2 is 2.35 bits per heavy atom. The van der Waals surface area contributed by atoms with Crippen molar-refractivity contribution >= 4 is 33.3 Å². The highest BCUT2D eigenvalue weighted by atomic mass is 35.5. The van der Waals surface area contributed by atoms with Crippen LogP contribution in [-0.4, -0.2) is 26.2 Å². The van der Waals surface area contributed by atoms with Crippen LogP contribution in [0.1, 0.15) is 28.9 Å². The molecule has 1 aromatic rings. The second kappa shape index (κ2) is 7.31. The Kier molecular flexibility index (Phi) is 4.76. The van der Waals surface area contributed by atoms with Crippen molar-refractivity contribution in [1.82, 2.24) is 0 Å². The van der Waals surface area contributed by atoms with Gasteiger partial charge in [0.15, 0.2) is 0 Å². The fourth-order valence-corrected chi connectivity index (χ4v) is 3.82. The second-order valence-electron chi connectivity index (χ2n) is 4.78. The quantitative estimate of drug-likeness (QED) is 0.815. The van der Waals surface area contributed by atoms with Crippen LogP contribution in [0.5, 0.6) is 0 Å². The molecule has 1 aromatic carbocycles. The molecule has 0 aliphatic heterocycles. The molecule has 0 heterocycles. The van der Waals surface area contributed by atoms with E-state index >= 15 is 0 Å². The van der Waals surface area contributed by atoms with Gasteiger partial charge >= 0.3 is 5.97 Å². The van der Waals surface area contributed by atoms with Crippen LogP contribution in [0.25, 0.3) is 0 Å². The van der Waals surface area contributed by atoms with E-state index in [1.807, 2.05) is 0 Å². The van der Waals surface area contributed by atoms with Gasteiger partial charge in [-0.05, 0) is 44.4 Å². The van der Waals surface area contributed by atoms with Crippen molar-refractivity contribution < 1.29 is 25.1 Å². The number of carbonyl (C=O) groups is 1. The summed E-state index contributed by atoms with van der Waals surface area (Å²) in [6.07, 6.45) is 0.253. The standard InChI is InChI=1S/C15H17ClFNO4S/c1-2-22-15(19)11-5-3-4-6-14(11)23(20,21)18-13-8-7-10(17)9-12(13)16/h5,7-9,14,18H,2-4,6H2,1H3/t14-/m1/s1/i5D,14D. The number of rotatable bonds is 5. The van der Waals surface area contributed by atoms with Gasteiger partial charge in [-0.1, -0.05) is 17.7 Å². The zero-order valence-corrected chi connectivity index (χ0v) is 13.9. The van der Waals surface area contributed by atoms with Crippen molar-refractivity contribution in [3.63, 3.8) is 0 Å². The molecule has 2 rings (SSSR count). The highest BCUT2D eigenvalue weighted by Gasteiger charge is 2.35. The SMILES string of the molecule is [2H]C1=C(C(=O)OCC)[C@]([2H])(S(=O)(=O)Nc2ccc(F)cc2Cl)CCC1. The minimum atomic E-state index is -4.49. The van der Waals surface area contributed by atoms with Gasteiger partial charge in [0.05, 0.1) is 25.6 Å².